The van der Waals surface area contributed by atoms with Crippen molar-refractivity contribution in [2.24, 2.45) is 18.4 Å². The van der Waals surface area contributed by atoms with Crippen LogP contribution in [0.4, 0.5) is 0 Å². The molecule has 0 spiro atoms. The van der Waals surface area contributed by atoms with E-state index in [1.807, 2.05) is 24.1 Å². The van der Waals surface area contributed by atoms with Gasteiger partial charge < -0.3 is 5.11 Å². The van der Waals surface area contributed by atoms with Crippen LogP contribution in [0.3, 0.4) is 0 Å². The fraction of sp³-hybridized carbons (Fsp3) is 0.765. The summed E-state index contributed by atoms with van der Waals surface area (Å²) in [4.78, 5) is 16.8. The van der Waals surface area contributed by atoms with Crippen molar-refractivity contribution in [3.05, 3.63) is 18.0 Å². The molecule has 0 aliphatic carbocycles. The third kappa shape index (κ3) is 3.15. The zero-order valence-corrected chi connectivity index (χ0v) is 14.4. The smallest absolute Gasteiger partial charge is 0.311 e. The number of nitrogens with zero attached hydrogens (tertiary/aromatic N) is 4. The molecule has 6 nitrogen and oxygen atoms in total. The first-order valence-electron chi connectivity index (χ1n) is 8.58. The molecule has 2 fully saturated rings. The normalized spacial score (nSPS) is 29.7. The molecule has 0 aromatic carbocycles. The predicted molar refractivity (Wildman–Crippen MR) is 88.0 cm³/mol. The molecule has 1 aromatic heterocycles. The number of hydrogen-bond acceptors (Lipinski definition) is 4. The number of carbonyl (C=O) groups is 1. The van der Waals surface area contributed by atoms with Crippen molar-refractivity contribution in [1.29, 1.82) is 0 Å². The molecule has 6 heteroatoms. The first-order valence-corrected chi connectivity index (χ1v) is 8.58. The van der Waals surface area contributed by atoms with Crippen LogP contribution in [0.1, 0.15) is 32.3 Å². The lowest BCUT2D eigenvalue weighted by atomic mass is 9.75. The first-order chi connectivity index (χ1) is 10.9. The van der Waals surface area contributed by atoms with E-state index in [0.29, 0.717) is 12.6 Å². The Bertz CT molecular complexity index is 571. The van der Waals surface area contributed by atoms with Crippen LogP contribution in [0.5, 0.6) is 0 Å². The molecule has 1 aromatic rings. The van der Waals surface area contributed by atoms with Crippen molar-refractivity contribution < 1.29 is 9.90 Å². The number of fused-ring (bicyclic) bond motifs is 1. The summed E-state index contributed by atoms with van der Waals surface area (Å²) in [5.74, 6) is -0.393. The quantitative estimate of drug-likeness (QED) is 0.909. The fourth-order valence-electron chi connectivity index (χ4n) is 4.25. The van der Waals surface area contributed by atoms with Gasteiger partial charge in [0.1, 0.15) is 0 Å². The highest BCUT2D eigenvalue weighted by molar-refractivity contribution is 5.76. The van der Waals surface area contributed by atoms with E-state index < -0.39 is 11.4 Å². The largest absolute Gasteiger partial charge is 0.481 e. The molecule has 23 heavy (non-hydrogen) atoms. The molecule has 2 atom stereocenters. The van der Waals surface area contributed by atoms with Gasteiger partial charge in [-0.1, -0.05) is 0 Å². The minimum absolute atomic E-state index is 0.210. The Balaban J connectivity index is 1.76. The first kappa shape index (κ1) is 16.5. The van der Waals surface area contributed by atoms with Gasteiger partial charge in [-0.15, -0.1) is 0 Å². The second kappa shape index (κ2) is 6.24. The standard InChI is InChI=1S/C17H28N4O2/c1-13(2)21-11-15-10-20(9-14-7-18-19(3)8-14)6-4-5-17(15,12-21)16(22)23/h7-8,13,15H,4-6,9-12H2,1-3H3,(H,22,23)/t15-,17-/m0/s1. The summed E-state index contributed by atoms with van der Waals surface area (Å²) in [5, 5.41) is 14.2. The second-order valence-corrected chi connectivity index (χ2v) is 7.54. The average molecular weight is 320 g/mol. The van der Waals surface area contributed by atoms with E-state index in [1.165, 1.54) is 5.56 Å². The molecular formula is C17H28N4O2. The Morgan fingerprint density at radius 2 is 2.26 bits per heavy atom. The summed E-state index contributed by atoms with van der Waals surface area (Å²) in [6, 6.07) is 0.407. The van der Waals surface area contributed by atoms with E-state index in [4.69, 9.17) is 0 Å². The molecule has 0 bridgehead atoms. The number of likely N-dealkylation sites (tertiary alicyclic amines) is 2. The Morgan fingerprint density at radius 3 is 2.87 bits per heavy atom. The van der Waals surface area contributed by atoms with E-state index in [0.717, 1.165) is 39.0 Å². The lowest BCUT2D eigenvalue weighted by Crippen LogP contribution is -2.41. The van der Waals surface area contributed by atoms with Gasteiger partial charge in [0.15, 0.2) is 0 Å². The maximum Gasteiger partial charge on any atom is 0.311 e. The minimum atomic E-state index is -0.603. The summed E-state index contributed by atoms with van der Waals surface area (Å²) >= 11 is 0. The number of aryl methyl sites for hydroxylation is 1. The van der Waals surface area contributed by atoms with E-state index in [-0.39, 0.29) is 5.92 Å². The maximum atomic E-state index is 12.1. The molecule has 2 saturated heterocycles. The molecule has 0 radical (unpaired) electrons. The van der Waals surface area contributed by atoms with E-state index in [9.17, 15) is 9.90 Å². The number of aliphatic carboxylic acids is 1. The van der Waals surface area contributed by atoms with Crippen LogP contribution < -0.4 is 0 Å². The topological polar surface area (TPSA) is 61.6 Å². The van der Waals surface area contributed by atoms with Gasteiger partial charge in [0.25, 0.3) is 0 Å². The van der Waals surface area contributed by atoms with Crippen molar-refractivity contribution >= 4 is 5.97 Å². The lowest BCUT2D eigenvalue weighted by Gasteiger charge is -2.29. The average Bonchev–Trinajstić information content (AvgIpc) is 3.00. The van der Waals surface area contributed by atoms with Crippen molar-refractivity contribution in [3.8, 4) is 0 Å². The van der Waals surface area contributed by atoms with Gasteiger partial charge in [0.2, 0.25) is 0 Å². The summed E-state index contributed by atoms with van der Waals surface area (Å²) in [5.41, 5.74) is 0.641. The molecule has 3 rings (SSSR count). The van der Waals surface area contributed by atoms with Gasteiger partial charge >= 0.3 is 5.97 Å². The molecule has 0 amide bonds. The molecule has 3 heterocycles. The van der Waals surface area contributed by atoms with Crippen molar-refractivity contribution in [2.75, 3.05) is 26.2 Å². The summed E-state index contributed by atoms with van der Waals surface area (Å²) < 4.78 is 1.82. The molecule has 128 valence electrons. The number of carboxylic acid groups (broad SMARTS) is 1. The van der Waals surface area contributed by atoms with Crippen LogP contribution in [-0.4, -0.2) is 62.9 Å². The van der Waals surface area contributed by atoms with Crippen LogP contribution in [0.15, 0.2) is 12.4 Å². The highest BCUT2D eigenvalue weighted by Crippen LogP contribution is 2.43. The number of hydrogen-bond donors (Lipinski definition) is 1. The molecular weight excluding hydrogens is 292 g/mol. The minimum Gasteiger partial charge on any atom is -0.481 e. The van der Waals surface area contributed by atoms with Crippen molar-refractivity contribution in [3.63, 3.8) is 0 Å². The monoisotopic (exact) mass is 320 g/mol. The van der Waals surface area contributed by atoms with Crippen LogP contribution in [0.2, 0.25) is 0 Å². The van der Waals surface area contributed by atoms with Gasteiger partial charge in [-0.05, 0) is 33.2 Å². The highest BCUT2D eigenvalue weighted by atomic mass is 16.4. The van der Waals surface area contributed by atoms with E-state index in [2.05, 4.69) is 28.7 Å². The van der Waals surface area contributed by atoms with E-state index >= 15 is 0 Å². The summed E-state index contributed by atoms with van der Waals surface area (Å²) in [6.07, 6.45) is 5.70. The van der Waals surface area contributed by atoms with Crippen molar-refractivity contribution in [2.45, 2.75) is 39.3 Å². The van der Waals surface area contributed by atoms with Crippen LogP contribution in [0, 0.1) is 11.3 Å². The summed E-state index contributed by atoms with van der Waals surface area (Å²) in [6.45, 7) is 8.62. The van der Waals surface area contributed by atoms with Gasteiger partial charge in [0, 0.05) is 56.9 Å². The van der Waals surface area contributed by atoms with Crippen LogP contribution >= 0.6 is 0 Å². The Hall–Kier alpha value is -1.40. The van der Waals surface area contributed by atoms with Gasteiger partial charge in [-0.2, -0.15) is 5.10 Å². The zero-order chi connectivity index (χ0) is 16.6. The zero-order valence-electron chi connectivity index (χ0n) is 14.4. The number of rotatable bonds is 4. The molecule has 2 aliphatic heterocycles. The predicted octanol–water partition coefficient (Wildman–Crippen LogP) is 1.43. The number of aromatic nitrogens is 2. The lowest BCUT2D eigenvalue weighted by molar-refractivity contribution is -0.151. The molecule has 2 aliphatic rings. The Morgan fingerprint density at radius 1 is 1.48 bits per heavy atom. The van der Waals surface area contributed by atoms with Gasteiger partial charge in [0.05, 0.1) is 11.6 Å². The van der Waals surface area contributed by atoms with Crippen LogP contribution in [0.25, 0.3) is 0 Å². The van der Waals surface area contributed by atoms with Gasteiger partial charge in [-0.3, -0.25) is 19.3 Å². The number of carboxylic acids is 1. The van der Waals surface area contributed by atoms with Gasteiger partial charge in [-0.25, -0.2) is 0 Å². The SMILES string of the molecule is CC(C)N1C[C@@H]2CN(Cc3cnn(C)c3)CCC[C@]2(C(=O)O)C1. The fourth-order valence-corrected chi connectivity index (χ4v) is 4.25. The molecule has 0 unspecified atom stereocenters. The summed E-state index contributed by atoms with van der Waals surface area (Å²) in [7, 11) is 1.93. The Labute approximate surface area is 138 Å². The molecule has 1 N–H and O–H groups in total. The third-order valence-electron chi connectivity index (χ3n) is 5.62. The van der Waals surface area contributed by atoms with E-state index in [1.54, 1.807) is 0 Å². The van der Waals surface area contributed by atoms with Crippen LogP contribution in [-0.2, 0) is 18.4 Å². The Kier molecular flexibility index (Phi) is 4.47. The third-order valence-corrected chi connectivity index (χ3v) is 5.62. The second-order valence-electron chi connectivity index (χ2n) is 7.54. The molecule has 0 saturated carbocycles. The highest BCUT2D eigenvalue weighted by Gasteiger charge is 2.53. The van der Waals surface area contributed by atoms with Crippen molar-refractivity contribution in [1.82, 2.24) is 19.6 Å². The maximum absolute atomic E-state index is 12.1.